The molecule has 2 heteroatoms. The first-order valence-corrected chi connectivity index (χ1v) is 7.19. The highest BCUT2D eigenvalue weighted by molar-refractivity contribution is 5.24. The minimum atomic E-state index is 0.450. The number of aryl methyl sites for hydroxylation is 1. The molecule has 2 nitrogen and oxygen atoms in total. The first-order chi connectivity index (χ1) is 8.81. The van der Waals surface area contributed by atoms with Crippen molar-refractivity contribution >= 4 is 0 Å². The van der Waals surface area contributed by atoms with Crippen LogP contribution in [0.15, 0.2) is 24.3 Å². The third-order valence-electron chi connectivity index (χ3n) is 3.72. The second-order valence-corrected chi connectivity index (χ2v) is 5.32. The summed E-state index contributed by atoms with van der Waals surface area (Å²) in [5.41, 5.74) is 2.73. The molecule has 18 heavy (non-hydrogen) atoms. The molecule has 1 heterocycles. The van der Waals surface area contributed by atoms with E-state index in [9.17, 15) is 0 Å². The van der Waals surface area contributed by atoms with Crippen LogP contribution in [0, 0.1) is 12.8 Å². The molecule has 0 aromatic heterocycles. The van der Waals surface area contributed by atoms with E-state index in [0.717, 1.165) is 19.8 Å². The zero-order valence-electron chi connectivity index (χ0n) is 11.6. The zero-order chi connectivity index (χ0) is 12.8. The second kappa shape index (κ2) is 6.91. The highest BCUT2D eigenvalue weighted by atomic mass is 16.5. The average molecular weight is 247 g/mol. The summed E-state index contributed by atoms with van der Waals surface area (Å²) in [6, 6.07) is 9.39. The molecule has 100 valence electrons. The van der Waals surface area contributed by atoms with Crippen molar-refractivity contribution in [3.05, 3.63) is 35.4 Å². The van der Waals surface area contributed by atoms with Gasteiger partial charge < -0.3 is 10.1 Å². The zero-order valence-corrected chi connectivity index (χ0v) is 11.6. The standard InChI is InChI=1S/C16H25NO/c1-3-10-17-16(15-5-4-11-18-12-15)14-8-6-13(2)7-9-14/h6-9,15-17H,3-5,10-12H2,1-2H3. The fourth-order valence-corrected chi connectivity index (χ4v) is 2.66. The maximum Gasteiger partial charge on any atom is 0.0512 e. The lowest BCUT2D eigenvalue weighted by Gasteiger charge is -2.31. The molecule has 0 aliphatic carbocycles. The quantitative estimate of drug-likeness (QED) is 0.860. The van der Waals surface area contributed by atoms with Crippen LogP contribution in [-0.4, -0.2) is 19.8 Å². The third kappa shape index (κ3) is 3.56. The Balaban J connectivity index is 2.10. The van der Waals surface area contributed by atoms with Gasteiger partial charge in [-0.3, -0.25) is 0 Å². The Bertz CT molecular complexity index is 341. The van der Waals surface area contributed by atoms with Gasteiger partial charge in [0.1, 0.15) is 0 Å². The molecule has 1 fully saturated rings. The van der Waals surface area contributed by atoms with Crippen molar-refractivity contribution in [2.45, 2.75) is 39.2 Å². The molecule has 1 aliphatic heterocycles. The summed E-state index contributed by atoms with van der Waals surface area (Å²) in [5, 5.41) is 3.69. The van der Waals surface area contributed by atoms with Gasteiger partial charge in [-0.2, -0.15) is 0 Å². The number of rotatable bonds is 5. The first kappa shape index (κ1) is 13.6. The highest BCUT2D eigenvalue weighted by Gasteiger charge is 2.24. The Labute approximate surface area is 111 Å². The molecule has 2 rings (SSSR count). The molecule has 2 atom stereocenters. The Hall–Kier alpha value is -0.860. The summed E-state index contributed by atoms with van der Waals surface area (Å²) in [7, 11) is 0. The molecule has 1 N–H and O–H groups in total. The molecule has 1 aliphatic rings. The van der Waals surface area contributed by atoms with Gasteiger partial charge in [-0.05, 0) is 38.3 Å². The Morgan fingerprint density at radius 2 is 2.11 bits per heavy atom. The van der Waals surface area contributed by atoms with Crippen LogP contribution < -0.4 is 5.32 Å². The van der Waals surface area contributed by atoms with Crippen LogP contribution in [-0.2, 0) is 4.74 Å². The maximum absolute atomic E-state index is 5.65. The topological polar surface area (TPSA) is 21.3 Å². The van der Waals surface area contributed by atoms with Crippen molar-refractivity contribution in [3.8, 4) is 0 Å². The first-order valence-electron chi connectivity index (χ1n) is 7.19. The lowest BCUT2D eigenvalue weighted by Crippen LogP contribution is -2.33. The molecule has 1 aromatic rings. The van der Waals surface area contributed by atoms with Gasteiger partial charge in [0.25, 0.3) is 0 Å². The lowest BCUT2D eigenvalue weighted by atomic mass is 9.88. The third-order valence-corrected chi connectivity index (χ3v) is 3.72. The van der Waals surface area contributed by atoms with Crippen LogP contribution in [0.2, 0.25) is 0 Å². The molecule has 0 amide bonds. The van der Waals surface area contributed by atoms with Crippen molar-refractivity contribution < 1.29 is 4.74 Å². The van der Waals surface area contributed by atoms with Crippen molar-refractivity contribution in [3.63, 3.8) is 0 Å². The van der Waals surface area contributed by atoms with Gasteiger partial charge in [0.2, 0.25) is 0 Å². The number of benzene rings is 1. The lowest BCUT2D eigenvalue weighted by molar-refractivity contribution is 0.0390. The minimum Gasteiger partial charge on any atom is -0.381 e. The van der Waals surface area contributed by atoms with Gasteiger partial charge in [0.05, 0.1) is 6.61 Å². The summed E-state index contributed by atoms with van der Waals surface area (Å²) >= 11 is 0. The van der Waals surface area contributed by atoms with Crippen LogP contribution in [0.4, 0.5) is 0 Å². The molecule has 0 radical (unpaired) electrons. The van der Waals surface area contributed by atoms with E-state index < -0.39 is 0 Å². The van der Waals surface area contributed by atoms with E-state index in [1.807, 2.05) is 0 Å². The number of hydrogen-bond donors (Lipinski definition) is 1. The molecule has 0 spiro atoms. The maximum atomic E-state index is 5.65. The number of ether oxygens (including phenoxy) is 1. The van der Waals surface area contributed by atoms with Gasteiger partial charge in [0, 0.05) is 18.6 Å². The van der Waals surface area contributed by atoms with E-state index in [2.05, 4.69) is 43.4 Å². The Morgan fingerprint density at radius 1 is 1.33 bits per heavy atom. The average Bonchev–Trinajstić information content (AvgIpc) is 2.42. The van der Waals surface area contributed by atoms with Gasteiger partial charge in [-0.15, -0.1) is 0 Å². The van der Waals surface area contributed by atoms with Crippen LogP contribution >= 0.6 is 0 Å². The smallest absolute Gasteiger partial charge is 0.0512 e. The van der Waals surface area contributed by atoms with E-state index in [0.29, 0.717) is 12.0 Å². The van der Waals surface area contributed by atoms with E-state index in [1.54, 1.807) is 0 Å². The predicted octanol–water partition coefficient (Wildman–Crippen LogP) is 3.46. The number of nitrogens with one attached hydrogen (secondary N) is 1. The molecule has 0 bridgehead atoms. The summed E-state index contributed by atoms with van der Waals surface area (Å²) in [6.45, 7) is 7.27. The van der Waals surface area contributed by atoms with Gasteiger partial charge in [-0.1, -0.05) is 36.8 Å². The Kier molecular flexibility index (Phi) is 5.21. The van der Waals surface area contributed by atoms with Gasteiger partial charge >= 0.3 is 0 Å². The van der Waals surface area contributed by atoms with Gasteiger partial charge in [0.15, 0.2) is 0 Å². The largest absolute Gasteiger partial charge is 0.381 e. The Morgan fingerprint density at radius 3 is 2.72 bits per heavy atom. The molecule has 2 unspecified atom stereocenters. The van der Waals surface area contributed by atoms with Crippen LogP contribution in [0.1, 0.15) is 43.4 Å². The van der Waals surface area contributed by atoms with Crippen LogP contribution in [0.25, 0.3) is 0 Å². The van der Waals surface area contributed by atoms with Gasteiger partial charge in [-0.25, -0.2) is 0 Å². The van der Waals surface area contributed by atoms with E-state index in [-0.39, 0.29) is 0 Å². The summed E-state index contributed by atoms with van der Waals surface area (Å²) in [6.07, 6.45) is 3.64. The summed E-state index contributed by atoms with van der Waals surface area (Å²) in [5.74, 6) is 0.619. The molecular formula is C16H25NO. The summed E-state index contributed by atoms with van der Waals surface area (Å²) < 4.78 is 5.65. The van der Waals surface area contributed by atoms with Crippen molar-refractivity contribution in [1.29, 1.82) is 0 Å². The summed E-state index contributed by atoms with van der Waals surface area (Å²) in [4.78, 5) is 0. The predicted molar refractivity (Wildman–Crippen MR) is 75.8 cm³/mol. The van der Waals surface area contributed by atoms with Crippen molar-refractivity contribution in [2.24, 2.45) is 5.92 Å². The van der Waals surface area contributed by atoms with Crippen LogP contribution in [0.5, 0.6) is 0 Å². The van der Waals surface area contributed by atoms with Crippen molar-refractivity contribution in [1.82, 2.24) is 5.32 Å². The minimum absolute atomic E-state index is 0.450. The molecular weight excluding hydrogens is 222 g/mol. The molecule has 0 saturated carbocycles. The normalized spacial score (nSPS) is 21.8. The highest BCUT2D eigenvalue weighted by Crippen LogP contribution is 2.29. The number of hydrogen-bond acceptors (Lipinski definition) is 2. The monoisotopic (exact) mass is 247 g/mol. The van der Waals surface area contributed by atoms with E-state index >= 15 is 0 Å². The van der Waals surface area contributed by atoms with Crippen molar-refractivity contribution in [2.75, 3.05) is 19.8 Å². The second-order valence-electron chi connectivity index (χ2n) is 5.32. The molecule has 1 saturated heterocycles. The fraction of sp³-hybridized carbons (Fsp3) is 0.625. The SMILES string of the molecule is CCCNC(c1ccc(C)cc1)C1CCCOC1. The van der Waals surface area contributed by atoms with Crippen LogP contribution in [0.3, 0.4) is 0 Å². The molecule has 1 aromatic carbocycles. The van der Waals surface area contributed by atoms with E-state index in [1.165, 1.54) is 30.4 Å². The fourth-order valence-electron chi connectivity index (χ4n) is 2.66. The van der Waals surface area contributed by atoms with E-state index in [4.69, 9.17) is 4.74 Å².